The molecule has 0 spiro atoms. The average molecular weight is 263 g/mol. The van der Waals surface area contributed by atoms with Crippen molar-refractivity contribution in [2.45, 2.75) is 26.3 Å². The summed E-state index contributed by atoms with van der Waals surface area (Å²) in [5, 5.41) is 8.97. The lowest BCUT2D eigenvalue weighted by molar-refractivity contribution is 0.0690. The molecular formula is C14H21N3O2. The predicted octanol–water partition coefficient (Wildman–Crippen LogP) is 1.70. The van der Waals surface area contributed by atoms with Crippen LogP contribution in [-0.4, -0.2) is 53.2 Å². The quantitative estimate of drug-likeness (QED) is 0.896. The summed E-state index contributed by atoms with van der Waals surface area (Å²) in [4.78, 5) is 19.7. The van der Waals surface area contributed by atoms with Gasteiger partial charge in [0, 0.05) is 32.2 Å². The van der Waals surface area contributed by atoms with Crippen LogP contribution < -0.4 is 4.90 Å². The molecule has 1 fully saturated rings. The van der Waals surface area contributed by atoms with E-state index in [1.165, 1.54) is 6.07 Å². The largest absolute Gasteiger partial charge is 0.477 e. The first-order chi connectivity index (χ1) is 9.11. The lowest BCUT2D eigenvalue weighted by Crippen LogP contribution is -2.49. The molecule has 1 N–H and O–H groups in total. The number of carbonyl (C=O) groups is 1. The molecule has 0 amide bonds. The fourth-order valence-corrected chi connectivity index (χ4v) is 2.37. The summed E-state index contributed by atoms with van der Waals surface area (Å²) in [5.41, 5.74) is 0.113. The second-order valence-electron chi connectivity index (χ2n) is 4.97. The molecule has 1 aliphatic rings. The third-order valence-corrected chi connectivity index (χ3v) is 3.81. The van der Waals surface area contributed by atoms with Crippen LogP contribution in [0.3, 0.4) is 0 Å². The summed E-state index contributed by atoms with van der Waals surface area (Å²) < 4.78 is 0. The Kier molecular flexibility index (Phi) is 4.37. The monoisotopic (exact) mass is 263 g/mol. The smallest absolute Gasteiger partial charge is 0.354 e. The maximum atomic E-state index is 10.9. The molecule has 104 valence electrons. The van der Waals surface area contributed by atoms with Crippen molar-refractivity contribution in [3.63, 3.8) is 0 Å². The number of piperazine rings is 1. The summed E-state index contributed by atoms with van der Waals surface area (Å²) in [6.45, 7) is 8.27. The van der Waals surface area contributed by atoms with Crippen LogP contribution in [0, 0.1) is 0 Å². The Morgan fingerprint density at radius 3 is 2.63 bits per heavy atom. The van der Waals surface area contributed by atoms with Crippen molar-refractivity contribution >= 4 is 11.8 Å². The van der Waals surface area contributed by atoms with Crippen molar-refractivity contribution < 1.29 is 9.90 Å². The van der Waals surface area contributed by atoms with E-state index in [9.17, 15) is 4.79 Å². The standard InChI is InChI=1S/C14H21N3O2/c1-3-11(2)16-7-9-17(10-8-16)13-6-4-5-12(15-13)14(18)19/h4-6,11H,3,7-10H2,1-2H3,(H,18,19). The molecule has 1 aromatic heterocycles. The molecule has 0 saturated carbocycles. The van der Waals surface area contributed by atoms with Crippen molar-refractivity contribution in [3.8, 4) is 0 Å². The van der Waals surface area contributed by atoms with Gasteiger partial charge in [0.25, 0.3) is 0 Å². The van der Waals surface area contributed by atoms with Gasteiger partial charge in [0.15, 0.2) is 5.69 Å². The molecular weight excluding hydrogens is 242 g/mol. The minimum absolute atomic E-state index is 0.113. The molecule has 1 atom stereocenters. The van der Waals surface area contributed by atoms with Crippen LogP contribution in [0.15, 0.2) is 18.2 Å². The van der Waals surface area contributed by atoms with Crippen molar-refractivity contribution in [2.24, 2.45) is 0 Å². The Labute approximate surface area is 113 Å². The summed E-state index contributed by atoms with van der Waals surface area (Å²) in [6, 6.07) is 5.78. The Hall–Kier alpha value is -1.62. The van der Waals surface area contributed by atoms with Gasteiger partial charge in [-0.15, -0.1) is 0 Å². The Bertz CT molecular complexity index is 442. The van der Waals surface area contributed by atoms with Crippen molar-refractivity contribution in [1.29, 1.82) is 0 Å². The zero-order valence-electron chi connectivity index (χ0n) is 11.5. The zero-order valence-corrected chi connectivity index (χ0v) is 11.5. The van der Waals surface area contributed by atoms with Gasteiger partial charge >= 0.3 is 5.97 Å². The summed E-state index contributed by atoms with van der Waals surface area (Å²) >= 11 is 0. The highest BCUT2D eigenvalue weighted by Crippen LogP contribution is 2.16. The van der Waals surface area contributed by atoms with Gasteiger partial charge < -0.3 is 10.0 Å². The molecule has 2 heterocycles. The molecule has 1 aromatic rings. The van der Waals surface area contributed by atoms with Gasteiger partial charge in [-0.05, 0) is 25.5 Å². The summed E-state index contributed by atoms with van der Waals surface area (Å²) in [7, 11) is 0. The molecule has 5 heteroatoms. The normalized spacial score (nSPS) is 18.3. The third kappa shape index (κ3) is 3.23. The fraction of sp³-hybridized carbons (Fsp3) is 0.571. The highest BCUT2D eigenvalue weighted by molar-refractivity contribution is 5.85. The lowest BCUT2D eigenvalue weighted by Gasteiger charge is -2.38. The van der Waals surface area contributed by atoms with Crippen molar-refractivity contribution in [1.82, 2.24) is 9.88 Å². The number of hydrogen-bond donors (Lipinski definition) is 1. The minimum atomic E-state index is -0.972. The van der Waals surface area contributed by atoms with Crippen LogP contribution in [0.5, 0.6) is 0 Å². The van der Waals surface area contributed by atoms with E-state index in [1.807, 2.05) is 6.07 Å². The van der Waals surface area contributed by atoms with E-state index in [0.717, 1.165) is 38.4 Å². The van der Waals surface area contributed by atoms with Gasteiger partial charge in [0.2, 0.25) is 0 Å². The molecule has 0 radical (unpaired) electrons. The fourth-order valence-electron chi connectivity index (χ4n) is 2.37. The van der Waals surface area contributed by atoms with E-state index < -0.39 is 5.97 Å². The van der Waals surface area contributed by atoms with Gasteiger partial charge in [0.1, 0.15) is 5.82 Å². The first kappa shape index (κ1) is 13.8. The second-order valence-corrected chi connectivity index (χ2v) is 4.97. The van der Waals surface area contributed by atoms with Gasteiger partial charge in [-0.3, -0.25) is 4.90 Å². The minimum Gasteiger partial charge on any atom is -0.477 e. The summed E-state index contributed by atoms with van der Waals surface area (Å²) in [6.07, 6.45) is 1.16. The molecule has 0 aromatic carbocycles. The number of aromatic carboxylic acids is 1. The van der Waals surface area contributed by atoms with Crippen molar-refractivity contribution in [2.75, 3.05) is 31.1 Å². The molecule has 0 aliphatic carbocycles. The Morgan fingerprint density at radius 1 is 1.37 bits per heavy atom. The highest BCUT2D eigenvalue weighted by Gasteiger charge is 2.21. The van der Waals surface area contributed by atoms with Crippen LogP contribution in [0.1, 0.15) is 30.8 Å². The van der Waals surface area contributed by atoms with E-state index in [0.29, 0.717) is 6.04 Å². The first-order valence-electron chi connectivity index (χ1n) is 6.81. The van der Waals surface area contributed by atoms with Gasteiger partial charge in [-0.2, -0.15) is 0 Å². The number of rotatable bonds is 4. The molecule has 2 rings (SSSR count). The third-order valence-electron chi connectivity index (χ3n) is 3.81. The van der Waals surface area contributed by atoms with E-state index in [-0.39, 0.29) is 5.69 Å². The van der Waals surface area contributed by atoms with E-state index >= 15 is 0 Å². The van der Waals surface area contributed by atoms with Crippen LogP contribution in [0.25, 0.3) is 0 Å². The number of carboxylic acid groups (broad SMARTS) is 1. The maximum absolute atomic E-state index is 10.9. The van der Waals surface area contributed by atoms with Gasteiger partial charge in [-0.25, -0.2) is 9.78 Å². The van der Waals surface area contributed by atoms with E-state index in [2.05, 4.69) is 28.6 Å². The average Bonchev–Trinajstić information content (AvgIpc) is 2.46. The van der Waals surface area contributed by atoms with Gasteiger partial charge in [-0.1, -0.05) is 13.0 Å². The Morgan fingerprint density at radius 2 is 2.05 bits per heavy atom. The molecule has 19 heavy (non-hydrogen) atoms. The first-order valence-corrected chi connectivity index (χ1v) is 6.81. The lowest BCUT2D eigenvalue weighted by atomic mass is 10.2. The molecule has 0 bridgehead atoms. The SMILES string of the molecule is CCC(C)N1CCN(c2cccc(C(=O)O)n2)CC1. The highest BCUT2D eigenvalue weighted by atomic mass is 16.4. The van der Waals surface area contributed by atoms with Crippen molar-refractivity contribution in [3.05, 3.63) is 23.9 Å². The topological polar surface area (TPSA) is 56.7 Å². The number of pyridine rings is 1. The van der Waals surface area contributed by atoms with Crippen LogP contribution in [-0.2, 0) is 0 Å². The number of anilines is 1. The summed E-state index contributed by atoms with van der Waals surface area (Å²) in [5.74, 6) is -0.205. The number of aromatic nitrogens is 1. The molecule has 1 unspecified atom stereocenters. The number of hydrogen-bond acceptors (Lipinski definition) is 4. The predicted molar refractivity (Wildman–Crippen MR) is 74.7 cm³/mol. The van der Waals surface area contributed by atoms with Crippen LogP contribution >= 0.6 is 0 Å². The zero-order chi connectivity index (χ0) is 13.8. The number of carboxylic acids is 1. The second kappa shape index (κ2) is 6.02. The Balaban J connectivity index is 2.01. The number of nitrogens with zero attached hydrogens (tertiary/aromatic N) is 3. The van der Waals surface area contributed by atoms with E-state index in [4.69, 9.17) is 5.11 Å². The maximum Gasteiger partial charge on any atom is 0.354 e. The van der Waals surface area contributed by atoms with Gasteiger partial charge in [0.05, 0.1) is 0 Å². The van der Waals surface area contributed by atoms with E-state index in [1.54, 1.807) is 6.07 Å². The molecule has 1 saturated heterocycles. The molecule has 5 nitrogen and oxygen atoms in total. The van der Waals surface area contributed by atoms with Crippen LogP contribution in [0.4, 0.5) is 5.82 Å². The van der Waals surface area contributed by atoms with Crippen LogP contribution in [0.2, 0.25) is 0 Å². The molecule has 1 aliphatic heterocycles.